The first-order chi connectivity index (χ1) is 9.84. The van der Waals surface area contributed by atoms with Gasteiger partial charge in [-0.2, -0.15) is 0 Å². The van der Waals surface area contributed by atoms with Gasteiger partial charge in [0.2, 0.25) is 5.91 Å². The van der Waals surface area contributed by atoms with Crippen LogP contribution in [0.5, 0.6) is 0 Å². The molecule has 0 aliphatic heterocycles. The molecule has 0 spiro atoms. The second-order valence-corrected chi connectivity index (χ2v) is 4.64. The molecule has 2 heterocycles. The molecule has 0 saturated heterocycles. The van der Waals surface area contributed by atoms with Crippen LogP contribution in [-0.2, 0) is 17.6 Å². The van der Waals surface area contributed by atoms with Crippen LogP contribution in [0.2, 0.25) is 0 Å². The largest absolute Gasteiger partial charge is 0.356 e. The van der Waals surface area contributed by atoms with Gasteiger partial charge in [-0.15, -0.1) is 0 Å². The summed E-state index contributed by atoms with van der Waals surface area (Å²) in [6, 6.07) is 9.77. The predicted octanol–water partition coefficient (Wildman–Crippen LogP) is 2.16. The number of hydrogen-bond donors (Lipinski definition) is 1. The van der Waals surface area contributed by atoms with Crippen molar-refractivity contribution in [2.75, 3.05) is 6.54 Å². The highest BCUT2D eigenvalue weighted by atomic mass is 16.1. The quantitative estimate of drug-likeness (QED) is 0.784. The topological polar surface area (TPSA) is 54.9 Å². The summed E-state index contributed by atoms with van der Waals surface area (Å²) in [6.45, 7) is 0.697. The molecule has 2 rings (SSSR count). The number of rotatable bonds is 7. The maximum Gasteiger partial charge on any atom is 0.220 e. The zero-order chi connectivity index (χ0) is 14.0. The Labute approximate surface area is 119 Å². The van der Waals surface area contributed by atoms with E-state index in [9.17, 15) is 4.79 Å². The molecule has 4 nitrogen and oxygen atoms in total. The van der Waals surface area contributed by atoms with Crippen LogP contribution in [-0.4, -0.2) is 22.4 Å². The Morgan fingerprint density at radius 1 is 1.10 bits per heavy atom. The number of hydrogen-bond acceptors (Lipinski definition) is 3. The van der Waals surface area contributed by atoms with E-state index >= 15 is 0 Å². The van der Waals surface area contributed by atoms with Crippen LogP contribution >= 0.6 is 0 Å². The first kappa shape index (κ1) is 14.2. The summed E-state index contributed by atoms with van der Waals surface area (Å²) in [6.07, 6.45) is 8.38. The minimum atomic E-state index is 0.0925. The highest BCUT2D eigenvalue weighted by Gasteiger charge is 2.02. The Hall–Kier alpha value is -2.23. The summed E-state index contributed by atoms with van der Waals surface area (Å²) in [7, 11) is 0. The molecule has 2 aromatic rings. The van der Waals surface area contributed by atoms with Crippen molar-refractivity contribution in [3.8, 4) is 0 Å². The fourth-order valence-electron chi connectivity index (χ4n) is 1.94. The molecule has 20 heavy (non-hydrogen) atoms. The van der Waals surface area contributed by atoms with E-state index in [-0.39, 0.29) is 5.91 Å². The number of aromatic nitrogens is 2. The van der Waals surface area contributed by atoms with Crippen molar-refractivity contribution in [1.29, 1.82) is 0 Å². The van der Waals surface area contributed by atoms with Crippen molar-refractivity contribution in [3.63, 3.8) is 0 Å². The molecule has 0 fully saturated rings. The van der Waals surface area contributed by atoms with Gasteiger partial charge in [0.05, 0.1) is 0 Å². The zero-order valence-corrected chi connectivity index (χ0v) is 11.5. The first-order valence-corrected chi connectivity index (χ1v) is 6.90. The van der Waals surface area contributed by atoms with E-state index in [0.717, 1.165) is 30.5 Å². The number of carbonyl (C=O) groups is 1. The van der Waals surface area contributed by atoms with E-state index in [0.29, 0.717) is 13.0 Å². The molecule has 104 valence electrons. The van der Waals surface area contributed by atoms with Crippen molar-refractivity contribution in [1.82, 2.24) is 15.3 Å². The lowest BCUT2D eigenvalue weighted by molar-refractivity contribution is -0.121. The Bertz CT molecular complexity index is 514. The maximum atomic E-state index is 11.7. The van der Waals surface area contributed by atoms with Gasteiger partial charge >= 0.3 is 0 Å². The lowest BCUT2D eigenvalue weighted by Crippen LogP contribution is -2.25. The minimum absolute atomic E-state index is 0.0925. The van der Waals surface area contributed by atoms with Crippen molar-refractivity contribution in [2.45, 2.75) is 25.7 Å². The van der Waals surface area contributed by atoms with Crippen molar-refractivity contribution in [2.24, 2.45) is 0 Å². The summed E-state index contributed by atoms with van der Waals surface area (Å²) >= 11 is 0. The van der Waals surface area contributed by atoms with Gasteiger partial charge in [0, 0.05) is 37.3 Å². The molecule has 0 aliphatic carbocycles. The van der Waals surface area contributed by atoms with Crippen LogP contribution < -0.4 is 5.32 Å². The van der Waals surface area contributed by atoms with E-state index in [1.807, 2.05) is 30.3 Å². The third-order valence-electron chi connectivity index (χ3n) is 3.02. The number of pyridine rings is 2. The zero-order valence-electron chi connectivity index (χ0n) is 11.5. The lowest BCUT2D eigenvalue weighted by Gasteiger charge is -2.05. The number of amides is 1. The SMILES string of the molecule is O=C(CCc1cccnc1)NCCCc1ccccn1. The molecule has 0 unspecified atom stereocenters. The molecule has 0 bridgehead atoms. The van der Waals surface area contributed by atoms with Gasteiger partial charge < -0.3 is 5.32 Å². The van der Waals surface area contributed by atoms with Gasteiger partial charge in [0.1, 0.15) is 0 Å². The first-order valence-electron chi connectivity index (χ1n) is 6.90. The number of nitrogens with one attached hydrogen (secondary N) is 1. The van der Waals surface area contributed by atoms with Crippen molar-refractivity contribution >= 4 is 5.91 Å². The molecule has 4 heteroatoms. The fraction of sp³-hybridized carbons (Fsp3) is 0.312. The van der Waals surface area contributed by atoms with E-state index in [4.69, 9.17) is 0 Å². The van der Waals surface area contributed by atoms with Crippen molar-refractivity contribution in [3.05, 3.63) is 60.2 Å². The maximum absolute atomic E-state index is 11.7. The average Bonchev–Trinajstić information content (AvgIpc) is 2.52. The lowest BCUT2D eigenvalue weighted by atomic mass is 10.1. The standard InChI is InChI=1S/C16H19N3O/c20-16(9-8-14-5-3-10-17-13-14)19-12-4-7-15-6-1-2-11-18-15/h1-3,5-6,10-11,13H,4,7-9,12H2,(H,19,20). The summed E-state index contributed by atoms with van der Waals surface area (Å²) in [5.41, 5.74) is 2.16. The van der Waals surface area contributed by atoms with E-state index in [1.165, 1.54) is 0 Å². The molecule has 1 amide bonds. The minimum Gasteiger partial charge on any atom is -0.356 e. The van der Waals surface area contributed by atoms with Crippen LogP contribution in [0.3, 0.4) is 0 Å². The van der Waals surface area contributed by atoms with E-state index in [2.05, 4.69) is 15.3 Å². The molecule has 0 aliphatic rings. The molecular formula is C16H19N3O. The number of nitrogens with zero attached hydrogens (tertiary/aromatic N) is 2. The molecule has 0 atom stereocenters. The molecule has 0 saturated carbocycles. The second kappa shape index (κ2) is 8.04. The van der Waals surface area contributed by atoms with Gasteiger partial charge in [-0.3, -0.25) is 14.8 Å². The molecular weight excluding hydrogens is 250 g/mol. The van der Waals surface area contributed by atoms with Crippen LogP contribution in [0.25, 0.3) is 0 Å². The summed E-state index contributed by atoms with van der Waals surface area (Å²) in [4.78, 5) is 20.0. The van der Waals surface area contributed by atoms with Gasteiger partial charge in [-0.05, 0) is 43.0 Å². The van der Waals surface area contributed by atoms with Crippen LogP contribution in [0.4, 0.5) is 0 Å². The molecule has 0 radical (unpaired) electrons. The number of carbonyl (C=O) groups excluding carboxylic acids is 1. The monoisotopic (exact) mass is 269 g/mol. The smallest absolute Gasteiger partial charge is 0.220 e. The van der Waals surface area contributed by atoms with Crippen molar-refractivity contribution < 1.29 is 4.79 Å². The van der Waals surface area contributed by atoms with Gasteiger partial charge in [-0.1, -0.05) is 12.1 Å². The summed E-state index contributed by atoms with van der Waals surface area (Å²) in [5.74, 6) is 0.0925. The summed E-state index contributed by atoms with van der Waals surface area (Å²) < 4.78 is 0. The van der Waals surface area contributed by atoms with Gasteiger partial charge in [0.25, 0.3) is 0 Å². The fourth-order valence-corrected chi connectivity index (χ4v) is 1.94. The molecule has 1 N–H and O–H groups in total. The number of aryl methyl sites for hydroxylation is 2. The Morgan fingerprint density at radius 2 is 2.05 bits per heavy atom. The second-order valence-electron chi connectivity index (χ2n) is 4.64. The third kappa shape index (κ3) is 5.18. The highest BCUT2D eigenvalue weighted by Crippen LogP contribution is 2.00. The van der Waals surface area contributed by atoms with Gasteiger partial charge in [-0.25, -0.2) is 0 Å². The van der Waals surface area contributed by atoms with Gasteiger partial charge in [0.15, 0.2) is 0 Å². The van der Waals surface area contributed by atoms with Crippen LogP contribution in [0.15, 0.2) is 48.9 Å². The third-order valence-corrected chi connectivity index (χ3v) is 3.02. The Kier molecular flexibility index (Phi) is 5.71. The van der Waals surface area contributed by atoms with Crippen LogP contribution in [0, 0.1) is 0 Å². The summed E-state index contributed by atoms with van der Waals surface area (Å²) in [5, 5.41) is 2.94. The molecule has 0 aromatic carbocycles. The Morgan fingerprint density at radius 3 is 2.80 bits per heavy atom. The van der Waals surface area contributed by atoms with E-state index in [1.54, 1.807) is 18.6 Å². The predicted molar refractivity (Wildman–Crippen MR) is 78.1 cm³/mol. The normalized spacial score (nSPS) is 10.2. The average molecular weight is 269 g/mol. The van der Waals surface area contributed by atoms with E-state index < -0.39 is 0 Å². The highest BCUT2D eigenvalue weighted by molar-refractivity contribution is 5.76. The molecule has 2 aromatic heterocycles. The Balaban J connectivity index is 1.59. The van der Waals surface area contributed by atoms with Crippen LogP contribution in [0.1, 0.15) is 24.1 Å².